The lowest BCUT2D eigenvalue weighted by molar-refractivity contribution is -0.0394. The lowest BCUT2D eigenvalue weighted by Crippen LogP contribution is -2.18. The van der Waals surface area contributed by atoms with Crippen molar-refractivity contribution in [3.8, 4) is 10.4 Å². The van der Waals surface area contributed by atoms with E-state index in [1.54, 1.807) is 6.20 Å². The first-order valence-electron chi connectivity index (χ1n) is 6.73. The van der Waals surface area contributed by atoms with Crippen molar-refractivity contribution in [3.05, 3.63) is 27.8 Å². The first kappa shape index (κ1) is 14.7. The average molecular weight is 371 g/mol. The molecule has 0 aliphatic carbocycles. The third-order valence-corrected chi connectivity index (χ3v) is 5.45. The van der Waals surface area contributed by atoms with Crippen LogP contribution in [-0.2, 0) is 9.47 Å². The van der Waals surface area contributed by atoms with Crippen molar-refractivity contribution in [3.63, 3.8) is 0 Å². The van der Waals surface area contributed by atoms with Gasteiger partial charge < -0.3 is 9.47 Å². The normalized spacial score (nSPS) is 18.7. The van der Waals surface area contributed by atoms with Gasteiger partial charge >= 0.3 is 5.97 Å². The molecule has 0 saturated carbocycles. The number of ether oxygens (including phenoxy) is 2. The second kappa shape index (κ2) is 6.29. The molecule has 3 heterocycles. The summed E-state index contributed by atoms with van der Waals surface area (Å²) in [4.78, 5) is 13.2. The molecule has 3 rings (SSSR count). The van der Waals surface area contributed by atoms with Gasteiger partial charge in [0.15, 0.2) is 0 Å². The van der Waals surface area contributed by atoms with Crippen molar-refractivity contribution in [2.45, 2.75) is 25.5 Å². The molecule has 7 heteroatoms. The molecule has 21 heavy (non-hydrogen) atoms. The van der Waals surface area contributed by atoms with Crippen LogP contribution in [0.3, 0.4) is 0 Å². The fourth-order valence-corrected chi connectivity index (χ4v) is 4.03. The largest absolute Gasteiger partial charge is 0.465 e. The van der Waals surface area contributed by atoms with Gasteiger partial charge in [0.2, 0.25) is 0 Å². The quantitative estimate of drug-likeness (QED) is 0.769. The fourth-order valence-electron chi connectivity index (χ4n) is 2.30. The number of halogens is 1. The van der Waals surface area contributed by atoms with E-state index in [4.69, 9.17) is 9.47 Å². The third-order valence-electron chi connectivity index (χ3n) is 3.39. The van der Waals surface area contributed by atoms with Crippen LogP contribution in [-0.4, -0.2) is 29.5 Å². The number of aromatic nitrogens is 2. The Bertz CT molecular complexity index is 646. The molecule has 0 amide bonds. The van der Waals surface area contributed by atoms with Crippen LogP contribution in [0.1, 0.15) is 35.2 Å². The minimum absolute atomic E-state index is 0.0241. The number of carbonyl (C=O) groups excluding carboxylic acids is 1. The molecule has 2 aromatic heterocycles. The van der Waals surface area contributed by atoms with E-state index in [0.29, 0.717) is 4.88 Å². The van der Waals surface area contributed by atoms with Gasteiger partial charge in [-0.1, -0.05) is 0 Å². The number of esters is 1. The molecule has 1 saturated heterocycles. The van der Waals surface area contributed by atoms with Crippen LogP contribution in [0.15, 0.2) is 22.9 Å². The van der Waals surface area contributed by atoms with Crippen molar-refractivity contribution >= 4 is 33.2 Å². The summed E-state index contributed by atoms with van der Waals surface area (Å²) in [7, 11) is 1.38. The third kappa shape index (κ3) is 3.04. The lowest BCUT2D eigenvalue weighted by atomic mass is 10.2. The van der Waals surface area contributed by atoms with Crippen LogP contribution >= 0.6 is 27.3 Å². The second-order valence-electron chi connectivity index (χ2n) is 4.81. The Morgan fingerprint density at radius 3 is 3.14 bits per heavy atom. The standard InChI is InChI=1S/C14H15BrN2O3S/c1-19-14(18)13-10(15)6-11(21-13)9-7-16-17(8-9)12-4-2-3-5-20-12/h6-8,12H,2-5H2,1H3. The Kier molecular flexibility index (Phi) is 4.42. The molecule has 0 spiro atoms. The molecular weight excluding hydrogens is 356 g/mol. The number of hydrogen-bond donors (Lipinski definition) is 0. The molecule has 112 valence electrons. The number of nitrogens with zero attached hydrogens (tertiary/aromatic N) is 2. The minimum Gasteiger partial charge on any atom is -0.465 e. The highest BCUT2D eigenvalue weighted by Gasteiger charge is 2.19. The van der Waals surface area contributed by atoms with E-state index in [-0.39, 0.29) is 12.2 Å². The summed E-state index contributed by atoms with van der Waals surface area (Å²) in [6.07, 6.45) is 7.06. The van der Waals surface area contributed by atoms with Crippen LogP contribution in [0.4, 0.5) is 0 Å². The number of carbonyl (C=O) groups is 1. The van der Waals surface area contributed by atoms with Gasteiger partial charge in [-0.3, -0.25) is 0 Å². The van der Waals surface area contributed by atoms with E-state index >= 15 is 0 Å². The Labute approximate surface area is 135 Å². The van der Waals surface area contributed by atoms with Gasteiger partial charge in [-0.25, -0.2) is 9.48 Å². The van der Waals surface area contributed by atoms with E-state index in [1.165, 1.54) is 18.4 Å². The molecule has 0 aromatic carbocycles. The maximum absolute atomic E-state index is 11.6. The van der Waals surface area contributed by atoms with Crippen LogP contribution in [0.2, 0.25) is 0 Å². The highest BCUT2D eigenvalue weighted by Crippen LogP contribution is 2.35. The molecule has 1 unspecified atom stereocenters. The van der Waals surface area contributed by atoms with Gasteiger partial charge in [-0.2, -0.15) is 5.10 Å². The molecular formula is C14H15BrN2O3S. The molecule has 1 atom stereocenters. The fraction of sp³-hybridized carbons (Fsp3) is 0.429. The lowest BCUT2D eigenvalue weighted by Gasteiger charge is -2.22. The average Bonchev–Trinajstić information content (AvgIpc) is 3.14. The van der Waals surface area contributed by atoms with E-state index in [1.807, 2.05) is 16.9 Å². The number of rotatable bonds is 3. The molecule has 2 aromatic rings. The zero-order valence-electron chi connectivity index (χ0n) is 11.5. The van der Waals surface area contributed by atoms with Gasteiger partial charge in [0.25, 0.3) is 0 Å². The zero-order valence-corrected chi connectivity index (χ0v) is 13.9. The molecule has 0 bridgehead atoms. The first-order chi connectivity index (χ1) is 10.2. The Morgan fingerprint density at radius 2 is 2.43 bits per heavy atom. The van der Waals surface area contributed by atoms with Gasteiger partial charge in [-0.05, 0) is 41.3 Å². The molecule has 5 nitrogen and oxygen atoms in total. The summed E-state index contributed by atoms with van der Waals surface area (Å²) >= 11 is 4.79. The van der Waals surface area contributed by atoms with Gasteiger partial charge in [-0.15, -0.1) is 11.3 Å². The molecule has 0 radical (unpaired) electrons. The summed E-state index contributed by atoms with van der Waals surface area (Å²) < 4.78 is 13.1. The van der Waals surface area contributed by atoms with Gasteiger partial charge in [0.1, 0.15) is 11.1 Å². The number of methoxy groups -OCH3 is 1. The van der Waals surface area contributed by atoms with E-state index < -0.39 is 0 Å². The van der Waals surface area contributed by atoms with E-state index in [2.05, 4.69) is 21.0 Å². The van der Waals surface area contributed by atoms with Gasteiger partial charge in [0.05, 0.1) is 13.3 Å². The van der Waals surface area contributed by atoms with Crippen molar-refractivity contribution in [1.82, 2.24) is 9.78 Å². The van der Waals surface area contributed by atoms with Crippen LogP contribution in [0, 0.1) is 0 Å². The predicted octanol–water partition coefficient (Wildman–Crippen LogP) is 3.86. The Hall–Kier alpha value is -1.18. The Balaban J connectivity index is 1.84. The van der Waals surface area contributed by atoms with E-state index in [9.17, 15) is 4.79 Å². The molecule has 1 aliphatic rings. The summed E-state index contributed by atoms with van der Waals surface area (Å²) in [5.74, 6) is -0.332. The van der Waals surface area contributed by atoms with Crippen LogP contribution < -0.4 is 0 Å². The smallest absolute Gasteiger partial charge is 0.349 e. The highest BCUT2D eigenvalue weighted by molar-refractivity contribution is 9.10. The highest BCUT2D eigenvalue weighted by atomic mass is 79.9. The van der Waals surface area contributed by atoms with E-state index in [0.717, 1.165) is 40.8 Å². The van der Waals surface area contributed by atoms with Crippen LogP contribution in [0.25, 0.3) is 10.4 Å². The summed E-state index contributed by atoms with van der Waals surface area (Å²) in [5.41, 5.74) is 0.977. The van der Waals surface area contributed by atoms with Crippen molar-refractivity contribution in [1.29, 1.82) is 0 Å². The molecule has 1 fully saturated rings. The van der Waals surface area contributed by atoms with Crippen molar-refractivity contribution in [2.75, 3.05) is 13.7 Å². The monoisotopic (exact) mass is 370 g/mol. The number of thiophene rings is 1. The molecule has 0 N–H and O–H groups in total. The maximum Gasteiger partial charge on any atom is 0.349 e. The molecule has 1 aliphatic heterocycles. The maximum atomic E-state index is 11.6. The minimum atomic E-state index is -0.332. The second-order valence-corrected chi connectivity index (χ2v) is 6.72. The number of hydrogen-bond acceptors (Lipinski definition) is 5. The summed E-state index contributed by atoms with van der Waals surface area (Å²) in [6, 6.07) is 1.92. The topological polar surface area (TPSA) is 53.3 Å². The summed E-state index contributed by atoms with van der Waals surface area (Å²) in [6.45, 7) is 0.789. The van der Waals surface area contributed by atoms with Crippen molar-refractivity contribution < 1.29 is 14.3 Å². The van der Waals surface area contributed by atoms with Gasteiger partial charge in [0, 0.05) is 27.7 Å². The predicted molar refractivity (Wildman–Crippen MR) is 83.4 cm³/mol. The summed E-state index contributed by atoms with van der Waals surface area (Å²) in [5, 5.41) is 4.39. The first-order valence-corrected chi connectivity index (χ1v) is 8.34. The van der Waals surface area contributed by atoms with Crippen molar-refractivity contribution in [2.24, 2.45) is 0 Å². The Morgan fingerprint density at radius 1 is 1.57 bits per heavy atom. The SMILES string of the molecule is COC(=O)c1sc(-c2cnn(C3CCCCO3)c2)cc1Br. The van der Waals surface area contributed by atoms with Crippen LogP contribution in [0.5, 0.6) is 0 Å². The zero-order chi connectivity index (χ0) is 14.8.